The minimum atomic E-state index is -0.800. The van der Waals surface area contributed by atoms with Crippen LogP contribution in [0.4, 0.5) is 0 Å². The molecule has 0 aliphatic rings. The van der Waals surface area contributed by atoms with Gasteiger partial charge in [-0.05, 0) is 89.9 Å². The van der Waals surface area contributed by atoms with Gasteiger partial charge in [-0.1, -0.05) is 262 Å². The van der Waals surface area contributed by atoms with Gasteiger partial charge in [0.05, 0.1) is 25.2 Å². The monoisotopic (exact) mass is 968 g/mol. The van der Waals surface area contributed by atoms with Gasteiger partial charge in [0, 0.05) is 6.42 Å². The number of hydrogen-bond donors (Lipinski definition) is 3. The number of esters is 1. The molecular weight excluding hydrogens is 851 g/mol. The standard InChI is InChI=1S/C63H117NO5/c1-4-7-10-13-16-19-22-25-28-30-32-35-38-41-44-47-50-53-56-63(68)69-59(54-51-48-45-42-39-36-33-27-24-21-18-15-12-9-6-3)57-62(67)64-60(58-65)61(66)55-52-49-46-43-40-37-34-31-29-26-23-20-17-14-11-8-5-2/h18,21,27,32-33,35,39,42,59-61,65-66H,4-17,19-20,22-26,28-31,34,36-38,40-41,43-58H2,1-3H3,(H,64,67)/b21-18-,33-27-,35-32+,42-39-. The summed E-state index contributed by atoms with van der Waals surface area (Å²) < 4.78 is 5.95. The Morgan fingerprint density at radius 3 is 1.17 bits per heavy atom. The molecule has 6 heteroatoms. The topological polar surface area (TPSA) is 95.9 Å². The lowest BCUT2D eigenvalue weighted by molar-refractivity contribution is -0.151. The molecule has 1 amide bonds. The van der Waals surface area contributed by atoms with Crippen LogP contribution in [0.3, 0.4) is 0 Å². The van der Waals surface area contributed by atoms with Crippen LogP contribution in [0.1, 0.15) is 316 Å². The number of allylic oxidation sites excluding steroid dienone is 8. The smallest absolute Gasteiger partial charge is 0.306 e. The van der Waals surface area contributed by atoms with E-state index in [1.807, 2.05) is 0 Å². The van der Waals surface area contributed by atoms with Crippen LogP contribution < -0.4 is 5.32 Å². The molecule has 0 heterocycles. The minimum Gasteiger partial charge on any atom is -0.462 e. The molecule has 0 aliphatic heterocycles. The Morgan fingerprint density at radius 2 is 0.739 bits per heavy atom. The van der Waals surface area contributed by atoms with Crippen LogP contribution in [0.5, 0.6) is 0 Å². The normalized spacial score (nSPS) is 13.4. The van der Waals surface area contributed by atoms with Gasteiger partial charge in [-0.2, -0.15) is 0 Å². The molecule has 3 N–H and O–H groups in total. The van der Waals surface area contributed by atoms with E-state index < -0.39 is 18.2 Å². The maximum Gasteiger partial charge on any atom is 0.306 e. The van der Waals surface area contributed by atoms with Gasteiger partial charge in [0.2, 0.25) is 5.91 Å². The quantitative estimate of drug-likeness (QED) is 0.0321. The molecule has 0 fully saturated rings. The van der Waals surface area contributed by atoms with Crippen molar-refractivity contribution in [2.24, 2.45) is 0 Å². The molecule has 404 valence electrons. The lowest BCUT2D eigenvalue weighted by Gasteiger charge is -2.24. The predicted molar refractivity (Wildman–Crippen MR) is 301 cm³/mol. The molecule has 6 nitrogen and oxygen atoms in total. The molecule has 0 saturated carbocycles. The van der Waals surface area contributed by atoms with Gasteiger partial charge in [-0.25, -0.2) is 0 Å². The van der Waals surface area contributed by atoms with Crippen molar-refractivity contribution in [3.63, 3.8) is 0 Å². The van der Waals surface area contributed by atoms with E-state index in [-0.39, 0.29) is 24.9 Å². The van der Waals surface area contributed by atoms with Crippen LogP contribution in [-0.4, -0.2) is 46.9 Å². The van der Waals surface area contributed by atoms with E-state index in [1.54, 1.807) is 0 Å². The second kappa shape index (κ2) is 56.7. The Labute approximate surface area is 429 Å². The van der Waals surface area contributed by atoms with Crippen molar-refractivity contribution in [2.75, 3.05) is 6.61 Å². The van der Waals surface area contributed by atoms with Gasteiger partial charge in [-0.3, -0.25) is 9.59 Å². The molecule has 69 heavy (non-hydrogen) atoms. The van der Waals surface area contributed by atoms with E-state index >= 15 is 0 Å². The number of hydrogen-bond acceptors (Lipinski definition) is 5. The molecule has 3 unspecified atom stereocenters. The average Bonchev–Trinajstić information content (AvgIpc) is 3.34. The molecule has 0 spiro atoms. The third-order valence-electron chi connectivity index (χ3n) is 13.9. The highest BCUT2D eigenvalue weighted by molar-refractivity contribution is 5.77. The van der Waals surface area contributed by atoms with Crippen LogP contribution in [0.15, 0.2) is 48.6 Å². The molecule has 0 radical (unpaired) electrons. The summed E-state index contributed by atoms with van der Waals surface area (Å²) in [5.41, 5.74) is 0. The number of amides is 1. The predicted octanol–water partition coefficient (Wildman–Crippen LogP) is 19.0. The number of carbonyl (C=O) groups excluding carboxylic acids is 2. The SMILES string of the molecule is CCCCC/C=C\C/C=C\C/C=C\CCCCC(CC(=O)NC(CO)C(O)CCCCCCCCCCCCCCCCCCC)OC(=O)CCCCCCC/C=C/CCCCCCCCCCC. The third kappa shape index (κ3) is 52.0. The van der Waals surface area contributed by atoms with Gasteiger partial charge in [0.15, 0.2) is 0 Å². The Hall–Kier alpha value is -2.18. The maximum atomic E-state index is 13.3. The van der Waals surface area contributed by atoms with Gasteiger partial charge < -0.3 is 20.3 Å². The number of aliphatic hydroxyl groups excluding tert-OH is 2. The zero-order chi connectivity index (χ0) is 50.2. The average molecular weight is 969 g/mol. The minimum absolute atomic E-state index is 0.0500. The van der Waals surface area contributed by atoms with Crippen molar-refractivity contribution in [3.05, 3.63) is 48.6 Å². The number of nitrogens with one attached hydrogen (secondary N) is 1. The summed E-state index contributed by atoms with van der Waals surface area (Å²) in [7, 11) is 0. The van der Waals surface area contributed by atoms with Gasteiger partial charge in [0.1, 0.15) is 6.10 Å². The molecule has 0 aliphatic carbocycles. The molecule has 0 aromatic rings. The zero-order valence-electron chi connectivity index (χ0n) is 46.2. The van der Waals surface area contributed by atoms with Gasteiger partial charge in [-0.15, -0.1) is 0 Å². The van der Waals surface area contributed by atoms with Crippen LogP contribution in [0.25, 0.3) is 0 Å². The van der Waals surface area contributed by atoms with Crippen molar-refractivity contribution in [2.45, 2.75) is 334 Å². The molecule has 0 bridgehead atoms. The van der Waals surface area contributed by atoms with E-state index in [0.29, 0.717) is 19.3 Å². The second-order valence-corrected chi connectivity index (χ2v) is 20.7. The summed E-state index contributed by atoms with van der Waals surface area (Å²) >= 11 is 0. The summed E-state index contributed by atoms with van der Waals surface area (Å²) in [6.07, 6.45) is 70.4. The lowest BCUT2D eigenvalue weighted by Crippen LogP contribution is -2.46. The third-order valence-corrected chi connectivity index (χ3v) is 13.9. The maximum absolute atomic E-state index is 13.3. The lowest BCUT2D eigenvalue weighted by atomic mass is 10.0. The highest BCUT2D eigenvalue weighted by atomic mass is 16.5. The van der Waals surface area contributed by atoms with Crippen molar-refractivity contribution >= 4 is 11.9 Å². The fourth-order valence-corrected chi connectivity index (χ4v) is 9.26. The number of ether oxygens (including phenoxy) is 1. The van der Waals surface area contributed by atoms with E-state index in [1.165, 1.54) is 193 Å². The van der Waals surface area contributed by atoms with Crippen molar-refractivity contribution < 1.29 is 24.5 Å². The first-order valence-electron chi connectivity index (χ1n) is 30.4. The van der Waals surface area contributed by atoms with Crippen molar-refractivity contribution in [1.82, 2.24) is 5.32 Å². The largest absolute Gasteiger partial charge is 0.462 e. The zero-order valence-corrected chi connectivity index (χ0v) is 46.2. The van der Waals surface area contributed by atoms with Gasteiger partial charge >= 0.3 is 5.97 Å². The summed E-state index contributed by atoms with van der Waals surface area (Å²) in [5.74, 6) is -0.509. The van der Waals surface area contributed by atoms with E-state index in [9.17, 15) is 19.8 Å². The molecule has 3 atom stereocenters. The molecule has 0 saturated heterocycles. The first-order valence-corrected chi connectivity index (χ1v) is 30.4. The summed E-state index contributed by atoms with van der Waals surface area (Å²) in [5, 5.41) is 23.9. The Kier molecular flexibility index (Phi) is 54.9. The van der Waals surface area contributed by atoms with Crippen LogP contribution >= 0.6 is 0 Å². The first kappa shape index (κ1) is 66.8. The number of carbonyl (C=O) groups is 2. The Morgan fingerprint density at radius 1 is 0.420 bits per heavy atom. The highest BCUT2D eigenvalue weighted by Crippen LogP contribution is 2.18. The molecule has 0 rings (SSSR count). The number of aliphatic hydroxyl groups is 2. The second-order valence-electron chi connectivity index (χ2n) is 20.7. The fraction of sp³-hybridized carbons (Fsp3) is 0.841. The van der Waals surface area contributed by atoms with Crippen LogP contribution in [0, 0.1) is 0 Å². The van der Waals surface area contributed by atoms with Crippen LogP contribution in [0.2, 0.25) is 0 Å². The molecule has 0 aromatic heterocycles. The number of rotatable bonds is 55. The number of unbranched alkanes of at least 4 members (excludes halogenated alkanes) is 35. The van der Waals surface area contributed by atoms with Crippen molar-refractivity contribution in [3.8, 4) is 0 Å². The van der Waals surface area contributed by atoms with E-state index in [0.717, 1.165) is 77.0 Å². The fourth-order valence-electron chi connectivity index (χ4n) is 9.26. The van der Waals surface area contributed by atoms with E-state index in [2.05, 4.69) is 74.7 Å². The Balaban J connectivity index is 4.57. The summed E-state index contributed by atoms with van der Waals surface area (Å²) in [6.45, 7) is 6.48. The van der Waals surface area contributed by atoms with Crippen molar-refractivity contribution in [1.29, 1.82) is 0 Å². The summed E-state index contributed by atoms with van der Waals surface area (Å²) in [4.78, 5) is 26.3. The van der Waals surface area contributed by atoms with Crippen LogP contribution in [-0.2, 0) is 14.3 Å². The Bertz CT molecular complexity index is 1180. The molecular formula is C63H117NO5. The van der Waals surface area contributed by atoms with E-state index in [4.69, 9.17) is 4.74 Å². The first-order chi connectivity index (χ1) is 34.0. The molecule has 0 aromatic carbocycles. The highest BCUT2D eigenvalue weighted by Gasteiger charge is 2.24. The van der Waals surface area contributed by atoms with Gasteiger partial charge in [0.25, 0.3) is 0 Å². The summed E-state index contributed by atoms with van der Waals surface area (Å²) in [6, 6.07) is -0.717.